The Labute approximate surface area is 148 Å². The number of hydrogen-bond acceptors (Lipinski definition) is 3. The molecule has 1 aromatic heterocycles. The van der Waals surface area contributed by atoms with Gasteiger partial charge in [-0.1, -0.05) is 44.2 Å². The van der Waals surface area contributed by atoms with Crippen LogP contribution in [0.15, 0.2) is 30.3 Å². The molecule has 0 spiro atoms. The SMILES string of the molecule is COC(=O)c1c(C)[nH]c(C(=O)NCC(C)(C)Cc2ccccc2)c1C. The fourth-order valence-electron chi connectivity index (χ4n) is 3.00. The summed E-state index contributed by atoms with van der Waals surface area (Å²) in [6, 6.07) is 10.2. The first-order chi connectivity index (χ1) is 11.7. The van der Waals surface area contributed by atoms with Crippen molar-refractivity contribution in [3.63, 3.8) is 0 Å². The number of benzene rings is 1. The molecular weight excluding hydrogens is 316 g/mol. The number of aromatic nitrogens is 1. The predicted octanol–water partition coefficient (Wildman–Crippen LogP) is 3.42. The van der Waals surface area contributed by atoms with Gasteiger partial charge in [0.15, 0.2) is 0 Å². The van der Waals surface area contributed by atoms with Crippen molar-refractivity contribution < 1.29 is 14.3 Å². The highest BCUT2D eigenvalue weighted by molar-refractivity contribution is 6.00. The standard InChI is InChI=1S/C20H26N2O3/c1-13-16(19(24)25-5)14(2)22-17(13)18(23)21-12-20(3,4)11-15-9-7-6-8-10-15/h6-10,22H,11-12H2,1-5H3,(H,21,23). The number of aromatic amines is 1. The maximum absolute atomic E-state index is 12.5. The number of carbonyl (C=O) groups is 2. The third-order valence-electron chi connectivity index (χ3n) is 4.31. The second-order valence-electron chi connectivity index (χ2n) is 7.13. The maximum atomic E-state index is 12.5. The molecule has 25 heavy (non-hydrogen) atoms. The number of carbonyl (C=O) groups excluding carboxylic acids is 2. The minimum absolute atomic E-state index is 0.0856. The lowest BCUT2D eigenvalue weighted by Gasteiger charge is -2.25. The smallest absolute Gasteiger partial charge is 0.339 e. The number of H-pyrrole nitrogens is 1. The van der Waals surface area contributed by atoms with Crippen molar-refractivity contribution >= 4 is 11.9 Å². The van der Waals surface area contributed by atoms with E-state index in [-0.39, 0.29) is 11.3 Å². The summed E-state index contributed by atoms with van der Waals surface area (Å²) in [5, 5.41) is 2.98. The summed E-state index contributed by atoms with van der Waals surface area (Å²) in [5.41, 5.74) is 3.24. The third kappa shape index (κ3) is 4.50. The van der Waals surface area contributed by atoms with Crippen LogP contribution in [0.1, 0.15) is 51.5 Å². The van der Waals surface area contributed by atoms with Gasteiger partial charge in [-0.05, 0) is 36.8 Å². The second-order valence-corrected chi connectivity index (χ2v) is 7.13. The van der Waals surface area contributed by atoms with E-state index in [4.69, 9.17) is 4.74 Å². The molecule has 1 aromatic carbocycles. The number of methoxy groups -OCH3 is 1. The van der Waals surface area contributed by atoms with E-state index in [1.807, 2.05) is 18.2 Å². The monoisotopic (exact) mass is 342 g/mol. The number of ether oxygens (including phenoxy) is 1. The highest BCUT2D eigenvalue weighted by Crippen LogP contribution is 2.22. The number of nitrogens with one attached hydrogen (secondary N) is 2. The van der Waals surface area contributed by atoms with Crippen LogP contribution in [-0.4, -0.2) is 30.5 Å². The van der Waals surface area contributed by atoms with Crippen molar-refractivity contribution in [1.82, 2.24) is 10.3 Å². The summed E-state index contributed by atoms with van der Waals surface area (Å²) in [6.45, 7) is 8.28. The molecule has 0 fully saturated rings. The zero-order chi connectivity index (χ0) is 18.6. The molecule has 0 saturated heterocycles. The zero-order valence-corrected chi connectivity index (χ0v) is 15.5. The highest BCUT2D eigenvalue weighted by Gasteiger charge is 2.24. The van der Waals surface area contributed by atoms with E-state index in [2.05, 4.69) is 36.3 Å². The fraction of sp³-hybridized carbons (Fsp3) is 0.400. The van der Waals surface area contributed by atoms with Gasteiger partial charge in [-0.25, -0.2) is 4.79 Å². The van der Waals surface area contributed by atoms with Gasteiger partial charge in [-0.15, -0.1) is 0 Å². The van der Waals surface area contributed by atoms with Gasteiger partial charge in [0, 0.05) is 12.2 Å². The molecule has 1 amide bonds. The summed E-state index contributed by atoms with van der Waals surface area (Å²) < 4.78 is 4.78. The Kier molecular flexibility index (Phi) is 5.67. The van der Waals surface area contributed by atoms with Gasteiger partial charge >= 0.3 is 5.97 Å². The number of hydrogen-bond donors (Lipinski definition) is 2. The predicted molar refractivity (Wildman–Crippen MR) is 97.9 cm³/mol. The van der Waals surface area contributed by atoms with Crippen molar-refractivity contribution in [2.75, 3.05) is 13.7 Å². The van der Waals surface area contributed by atoms with Crippen LogP contribution < -0.4 is 5.32 Å². The molecule has 5 nitrogen and oxygen atoms in total. The van der Waals surface area contributed by atoms with Crippen molar-refractivity contribution in [3.8, 4) is 0 Å². The van der Waals surface area contributed by atoms with Crippen LogP contribution in [0.4, 0.5) is 0 Å². The Bertz CT molecular complexity index is 761. The minimum Gasteiger partial charge on any atom is -0.465 e. The van der Waals surface area contributed by atoms with E-state index in [0.717, 1.165) is 6.42 Å². The molecule has 0 aliphatic rings. The topological polar surface area (TPSA) is 71.2 Å². The largest absolute Gasteiger partial charge is 0.465 e. The van der Waals surface area contributed by atoms with Gasteiger partial charge in [0.05, 0.1) is 12.7 Å². The average Bonchev–Trinajstić information content (AvgIpc) is 2.87. The van der Waals surface area contributed by atoms with Crippen LogP contribution in [0.2, 0.25) is 0 Å². The second kappa shape index (κ2) is 7.55. The molecule has 5 heteroatoms. The lowest BCUT2D eigenvalue weighted by atomic mass is 9.85. The highest BCUT2D eigenvalue weighted by atomic mass is 16.5. The molecule has 2 rings (SSSR count). The molecule has 0 aliphatic heterocycles. The maximum Gasteiger partial charge on any atom is 0.339 e. The first-order valence-corrected chi connectivity index (χ1v) is 8.35. The van der Waals surface area contributed by atoms with Crippen LogP contribution in [0.25, 0.3) is 0 Å². The molecule has 0 bridgehead atoms. The first kappa shape index (κ1) is 18.8. The Morgan fingerprint density at radius 1 is 1.16 bits per heavy atom. The van der Waals surface area contributed by atoms with Gasteiger partial charge in [-0.3, -0.25) is 4.79 Å². The summed E-state index contributed by atoms with van der Waals surface area (Å²) in [5.74, 6) is -0.647. The summed E-state index contributed by atoms with van der Waals surface area (Å²) >= 11 is 0. The molecule has 1 heterocycles. The Hall–Kier alpha value is -2.56. The number of esters is 1. The van der Waals surface area contributed by atoms with Gasteiger partial charge in [-0.2, -0.15) is 0 Å². The van der Waals surface area contributed by atoms with Crippen molar-refractivity contribution in [1.29, 1.82) is 0 Å². The number of amides is 1. The van der Waals surface area contributed by atoms with Crippen molar-refractivity contribution in [2.24, 2.45) is 5.41 Å². The van der Waals surface area contributed by atoms with E-state index in [0.29, 0.717) is 29.1 Å². The lowest BCUT2D eigenvalue weighted by molar-refractivity contribution is 0.0599. The van der Waals surface area contributed by atoms with Gasteiger partial charge in [0.2, 0.25) is 0 Å². The minimum atomic E-state index is -0.435. The van der Waals surface area contributed by atoms with Gasteiger partial charge < -0.3 is 15.0 Å². The molecular formula is C20H26N2O3. The molecule has 0 saturated carbocycles. The zero-order valence-electron chi connectivity index (χ0n) is 15.5. The van der Waals surface area contributed by atoms with Crippen molar-refractivity contribution in [2.45, 2.75) is 34.1 Å². The first-order valence-electron chi connectivity index (χ1n) is 8.35. The van der Waals surface area contributed by atoms with Gasteiger partial charge in [0.1, 0.15) is 5.69 Å². The molecule has 0 unspecified atom stereocenters. The third-order valence-corrected chi connectivity index (χ3v) is 4.31. The molecule has 0 aliphatic carbocycles. The quantitative estimate of drug-likeness (QED) is 0.790. The van der Waals surface area contributed by atoms with Crippen molar-refractivity contribution in [3.05, 3.63) is 58.4 Å². The normalized spacial score (nSPS) is 11.2. The molecule has 0 atom stereocenters. The van der Waals surface area contributed by atoms with E-state index in [1.54, 1.807) is 13.8 Å². The van der Waals surface area contributed by atoms with Crippen LogP contribution in [0.3, 0.4) is 0 Å². The summed E-state index contributed by atoms with van der Waals surface area (Å²) in [7, 11) is 1.33. The molecule has 2 aromatic rings. The van der Waals surface area contributed by atoms with E-state index in [9.17, 15) is 9.59 Å². The Morgan fingerprint density at radius 2 is 1.80 bits per heavy atom. The fourth-order valence-corrected chi connectivity index (χ4v) is 3.00. The Morgan fingerprint density at radius 3 is 2.40 bits per heavy atom. The number of rotatable bonds is 6. The van der Waals surface area contributed by atoms with E-state index < -0.39 is 5.97 Å². The average molecular weight is 342 g/mol. The van der Waals surface area contributed by atoms with E-state index in [1.165, 1.54) is 12.7 Å². The van der Waals surface area contributed by atoms with Gasteiger partial charge in [0.25, 0.3) is 5.91 Å². The van der Waals surface area contributed by atoms with Crippen LogP contribution >= 0.6 is 0 Å². The molecule has 134 valence electrons. The van der Waals surface area contributed by atoms with E-state index >= 15 is 0 Å². The lowest BCUT2D eigenvalue weighted by Crippen LogP contribution is -2.35. The summed E-state index contributed by atoms with van der Waals surface area (Å²) in [6.07, 6.45) is 0.865. The van der Waals surface area contributed by atoms with Crippen LogP contribution in [-0.2, 0) is 11.2 Å². The van der Waals surface area contributed by atoms with Crippen LogP contribution in [0, 0.1) is 19.3 Å². The molecule has 2 N–H and O–H groups in total. The number of aryl methyl sites for hydroxylation is 1. The molecule has 0 radical (unpaired) electrons. The summed E-state index contributed by atoms with van der Waals surface area (Å²) in [4.78, 5) is 27.4. The van der Waals surface area contributed by atoms with Crippen LogP contribution in [0.5, 0.6) is 0 Å². The Balaban J connectivity index is 2.06.